The zero-order chi connectivity index (χ0) is 26.2. The largest absolute Gasteiger partial charge is 0.381 e. The standard InChI is InChI=1S/C17H22FNO2.C12H13FN2/c1-4-14(16-12(3)11(2)5-6-15(16)18)17(20)19-13-7-9-21-10-8-13;1-3-9-4-5-10(6-12(9)13)11-7-14-15(2)8-11/h4-6,13H,7-10H2,1-3H3,(H,19,20);4-8H,3H2,1-2H3/b14-4+;. The molecule has 0 aliphatic carbocycles. The van der Waals surface area contributed by atoms with E-state index in [9.17, 15) is 13.6 Å². The van der Waals surface area contributed by atoms with Gasteiger partial charge in [-0.1, -0.05) is 31.2 Å². The number of ether oxygens (including phenoxy) is 1. The van der Waals surface area contributed by atoms with E-state index in [2.05, 4.69) is 10.4 Å². The van der Waals surface area contributed by atoms with Crippen molar-refractivity contribution in [1.82, 2.24) is 15.1 Å². The molecule has 1 saturated heterocycles. The number of hydrogen-bond donors (Lipinski definition) is 1. The van der Waals surface area contributed by atoms with Gasteiger partial charge in [-0.05, 0) is 74.4 Å². The Balaban J connectivity index is 0.000000212. The molecular weight excluding hydrogens is 460 g/mol. The molecule has 0 spiro atoms. The highest BCUT2D eigenvalue weighted by molar-refractivity contribution is 6.20. The molecule has 36 heavy (non-hydrogen) atoms. The predicted octanol–water partition coefficient (Wildman–Crippen LogP) is 5.93. The number of amides is 1. The van der Waals surface area contributed by atoms with Gasteiger partial charge >= 0.3 is 0 Å². The molecule has 2 heterocycles. The van der Waals surface area contributed by atoms with Gasteiger partial charge in [-0.15, -0.1) is 0 Å². The van der Waals surface area contributed by atoms with E-state index in [1.807, 2.05) is 46.1 Å². The number of aryl methyl sites for hydroxylation is 3. The van der Waals surface area contributed by atoms with Gasteiger partial charge in [-0.3, -0.25) is 9.48 Å². The van der Waals surface area contributed by atoms with Crippen LogP contribution in [0.4, 0.5) is 8.78 Å². The van der Waals surface area contributed by atoms with Gasteiger partial charge in [0, 0.05) is 49.2 Å². The maximum Gasteiger partial charge on any atom is 0.251 e. The molecule has 1 amide bonds. The second kappa shape index (κ2) is 12.6. The number of rotatable bonds is 5. The minimum atomic E-state index is -0.353. The van der Waals surface area contributed by atoms with Crippen molar-refractivity contribution in [3.05, 3.63) is 82.7 Å². The highest BCUT2D eigenvalue weighted by Gasteiger charge is 2.22. The Bertz CT molecular complexity index is 1230. The van der Waals surface area contributed by atoms with Crippen molar-refractivity contribution in [3.63, 3.8) is 0 Å². The van der Waals surface area contributed by atoms with Crippen LogP contribution in [0.5, 0.6) is 0 Å². The van der Waals surface area contributed by atoms with E-state index in [0.29, 0.717) is 24.4 Å². The summed E-state index contributed by atoms with van der Waals surface area (Å²) in [6.07, 6.45) is 7.62. The summed E-state index contributed by atoms with van der Waals surface area (Å²) >= 11 is 0. The fourth-order valence-corrected chi connectivity index (χ4v) is 4.19. The smallest absolute Gasteiger partial charge is 0.251 e. The quantitative estimate of drug-likeness (QED) is 0.447. The molecule has 2 aromatic carbocycles. The van der Waals surface area contributed by atoms with E-state index in [4.69, 9.17) is 4.74 Å². The van der Waals surface area contributed by atoms with E-state index < -0.39 is 0 Å². The molecule has 0 radical (unpaired) electrons. The van der Waals surface area contributed by atoms with Crippen LogP contribution >= 0.6 is 0 Å². The summed E-state index contributed by atoms with van der Waals surface area (Å²) in [6, 6.07) is 8.59. The number of aromatic nitrogens is 2. The summed E-state index contributed by atoms with van der Waals surface area (Å²) in [5.41, 5.74) is 5.16. The van der Waals surface area contributed by atoms with Crippen molar-refractivity contribution in [2.24, 2.45) is 7.05 Å². The van der Waals surface area contributed by atoms with Gasteiger partial charge in [0.05, 0.1) is 6.20 Å². The number of allylic oxidation sites excluding steroid dienone is 1. The maximum absolute atomic E-state index is 14.2. The van der Waals surface area contributed by atoms with Crippen molar-refractivity contribution in [1.29, 1.82) is 0 Å². The molecule has 1 aromatic heterocycles. The van der Waals surface area contributed by atoms with Crippen LogP contribution in [0, 0.1) is 25.5 Å². The summed E-state index contributed by atoms with van der Waals surface area (Å²) in [5.74, 6) is -0.704. The zero-order valence-electron chi connectivity index (χ0n) is 21.7. The fraction of sp³-hybridized carbons (Fsp3) is 0.379. The summed E-state index contributed by atoms with van der Waals surface area (Å²) < 4.78 is 34.7. The third-order valence-corrected chi connectivity index (χ3v) is 6.52. The lowest BCUT2D eigenvalue weighted by molar-refractivity contribution is -0.116. The molecule has 0 atom stereocenters. The van der Waals surface area contributed by atoms with Crippen LogP contribution in [0.2, 0.25) is 0 Å². The van der Waals surface area contributed by atoms with E-state index >= 15 is 0 Å². The SMILES string of the molecule is C/C=C(/C(=O)NC1CCOCC1)c1c(F)ccc(C)c1C.CCc1ccc(-c2cnn(C)c2)cc1F. The summed E-state index contributed by atoms with van der Waals surface area (Å²) in [7, 11) is 1.85. The molecule has 0 unspecified atom stereocenters. The van der Waals surface area contributed by atoms with E-state index in [0.717, 1.165) is 47.1 Å². The van der Waals surface area contributed by atoms with Crippen LogP contribution in [-0.2, 0) is 23.0 Å². The fourth-order valence-electron chi connectivity index (χ4n) is 4.19. The Labute approximate surface area is 212 Å². The lowest BCUT2D eigenvalue weighted by Gasteiger charge is -2.24. The molecule has 1 aliphatic rings. The van der Waals surface area contributed by atoms with Crippen LogP contribution in [0.15, 0.2) is 48.8 Å². The molecule has 5 nitrogen and oxygen atoms in total. The van der Waals surface area contributed by atoms with Crippen molar-refractivity contribution < 1.29 is 18.3 Å². The van der Waals surface area contributed by atoms with Gasteiger partial charge < -0.3 is 10.1 Å². The number of carbonyl (C=O) groups is 1. The monoisotopic (exact) mass is 495 g/mol. The lowest BCUT2D eigenvalue weighted by Crippen LogP contribution is -2.39. The third kappa shape index (κ3) is 6.66. The van der Waals surface area contributed by atoms with E-state index in [-0.39, 0.29) is 23.6 Å². The number of halogens is 2. The first-order valence-corrected chi connectivity index (χ1v) is 12.3. The first kappa shape index (κ1) is 27.3. The van der Waals surface area contributed by atoms with Crippen LogP contribution in [-0.4, -0.2) is 34.9 Å². The third-order valence-electron chi connectivity index (χ3n) is 6.52. The average molecular weight is 496 g/mol. The van der Waals surface area contributed by atoms with Gasteiger partial charge in [0.2, 0.25) is 0 Å². The van der Waals surface area contributed by atoms with E-state index in [1.165, 1.54) is 6.07 Å². The van der Waals surface area contributed by atoms with Gasteiger partial charge in [-0.25, -0.2) is 8.78 Å². The minimum Gasteiger partial charge on any atom is -0.381 e. The molecule has 7 heteroatoms. The maximum atomic E-state index is 14.2. The van der Waals surface area contributed by atoms with Gasteiger partial charge in [0.15, 0.2) is 0 Å². The van der Waals surface area contributed by atoms with Crippen LogP contribution < -0.4 is 5.32 Å². The lowest BCUT2D eigenvalue weighted by atomic mass is 9.95. The highest BCUT2D eigenvalue weighted by Crippen LogP contribution is 2.26. The number of carbonyl (C=O) groups excluding carboxylic acids is 1. The molecule has 1 N–H and O–H groups in total. The Kier molecular flexibility index (Phi) is 9.53. The first-order valence-electron chi connectivity index (χ1n) is 12.3. The Morgan fingerprint density at radius 2 is 1.86 bits per heavy atom. The Morgan fingerprint density at radius 1 is 1.14 bits per heavy atom. The number of benzene rings is 2. The molecule has 3 aromatic rings. The van der Waals surface area contributed by atoms with Gasteiger partial charge in [0.25, 0.3) is 5.91 Å². The van der Waals surface area contributed by atoms with Crippen LogP contribution in [0.3, 0.4) is 0 Å². The topological polar surface area (TPSA) is 56.1 Å². The van der Waals surface area contributed by atoms with Crippen LogP contribution in [0.1, 0.15) is 48.9 Å². The summed E-state index contributed by atoms with van der Waals surface area (Å²) in [4.78, 5) is 12.5. The summed E-state index contributed by atoms with van der Waals surface area (Å²) in [5, 5.41) is 7.05. The summed E-state index contributed by atoms with van der Waals surface area (Å²) in [6.45, 7) is 8.80. The predicted molar refractivity (Wildman–Crippen MR) is 139 cm³/mol. The molecule has 1 aliphatic heterocycles. The van der Waals surface area contributed by atoms with Crippen LogP contribution in [0.25, 0.3) is 16.7 Å². The van der Waals surface area contributed by atoms with Crippen molar-refractivity contribution in [2.45, 2.75) is 53.0 Å². The number of nitrogens with zero attached hydrogens (tertiary/aromatic N) is 2. The second-order valence-corrected chi connectivity index (χ2v) is 8.99. The van der Waals surface area contributed by atoms with Crippen molar-refractivity contribution in [2.75, 3.05) is 13.2 Å². The van der Waals surface area contributed by atoms with E-state index in [1.54, 1.807) is 36.0 Å². The zero-order valence-corrected chi connectivity index (χ0v) is 21.7. The van der Waals surface area contributed by atoms with Crippen molar-refractivity contribution >= 4 is 11.5 Å². The molecule has 192 valence electrons. The number of hydrogen-bond acceptors (Lipinski definition) is 3. The first-order chi connectivity index (χ1) is 17.2. The average Bonchev–Trinajstić information content (AvgIpc) is 3.31. The van der Waals surface area contributed by atoms with Gasteiger partial charge in [0.1, 0.15) is 11.6 Å². The molecule has 0 saturated carbocycles. The molecular formula is C29H35F2N3O2. The van der Waals surface area contributed by atoms with Crippen molar-refractivity contribution in [3.8, 4) is 11.1 Å². The molecule has 0 bridgehead atoms. The Hall–Kier alpha value is -3.32. The molecule has 1 fully saturated rings. The molecule has 4 rings (SSSR count). The Morgan fingerprint density at radius 3 is 2.44 bits per heavy atom. The minimum absolute atomic E-state index is 0.106. The highest BCUT2D eigenvalue weighted by atomic mass is 19.1. The van der Waals surface area contributed by atoms with Gasteiger partial charge in [-0.2, -0.15) is 5.10 Å². The number of nitrogens with one attached hydrogen (secondary N) is 1. The normalized spacial score (nSPS) is 14.2. The second-order valence-electron chi connectivity index (χ2n) is 8.99.